The fourth-order valence-electron chi connectivity index (χ4n) is 2.43. The molecule has 0 N–H and O–H groups in total. The summed E-state index contributed by atoms with van der Waals surface area (Å²) >= 11 is 1.84. The van der Waals surface area contributed by atoms with Crippen molar-refractivity contribution in [2.24, 2.45) is 0 Å². The minimum Gasteiger partial charge on any atom is -0.315 e. The van der Waals surface area contributed by atoms with Gasteiger partial charge in [-0.15, -0.1) is 11.3 Å². The molecule has 1 amide bonds. The van der Waals surface area contributed by atoms with Crippen LogP contribution >= 0.6 is 11.3 Å². The largest absolute Gasteiger partial charge is 0.315 e. The van der Waals surface area contributed by atoms with Crippen molar-refractivity contribution < 1.29 is 4.79 Å². The number of nitrogens with zero attached hydrogens (tertiary/aromatic N) is 1. The summed E-state index contributed by atoms with van der Waals surface area (Å²) in [5.74, 6) is 0.279. The summed E-state index contributed by atoms with van der Waals surface area (Å²) in [4.78, 5) is 15.9. The number of carbonyl (C=O) groups excluding carboxylic acids is 1. The van der Waals surface area contributed by atoms with Crippen molar-refractivity contribution in [2.75, 3.05) is 0 Å². The monoisotopic (exact) mass is 219 g/mol. The molecule has 0 bridgehead atoms. The van der Waals surface area contributed by atoms with Crippen LogP contribution in [-0.2, 0) is 4.79 Å². The fourth-order valence-corrected chi connectivity index (χ4v) is 3.48. The van der Waals surface area contributed by atoms with E-state index in [0.29, 0.717) is 6.04 Å². The van der Waals surface area contributed by atoms with Crippen molar-refractivity contribution in [3.63, 3.8) is 0 Å². The standard InChI is InChI=1S/C12H13NOS/c1-7-3-8(2)15-12(7)9-4-10-5-11(14)13(10)6-9/h3,6,10H,4-5H2,1-2H3/t10-/m1/s1. The maximum Gasteiger partial charge on any atom is 0.228 e. The Morgan fingerprint density at radius 3 is 2.73 bits per heavy atom. The highest BCUT2D eigenvalue weighted by atomic mass is 32.1. The zero-order valence-corrected chi connectivity index (χ0v) is 9.73. The third-order valence-electron chi connectivity index (χ3n) is 3.17. The van der Waals surface area contributed by atoms with Gasteiger partial charge in [-0.25, -0.2) is 0 Å². The van der Waals surface area contributed by atoms with Crippen LogP contribution in [0.15, 0.2) is 12.3 Å². The van der Waals surface area contributed by atoms with E-state index < -0.39 is 0 Å². The Morgan fingerprint density at radius 2 is 2.20 bits per heavy atom. The van der Waals surface area contributed by atoms with Crippen molar-refractivity contribution in [3.8, 4) is 0 Å². The maximum atomic E-state index is 11.3. The summed E-state index contributed by atoms with van der Waals surface area (Å²) in [6.07, 6.45) is 3.84. The van der Waals surface area contributed by atoms with Gasteiger partial charge in [-0.1, -0.05) is 0 Å². The molecule has 1 atom stereocenters. The van der Waals surface area contributed by atoms with E-state index in [2.05, 4.69) is 26.1 Å². The SMILES string of the molecule is Cc1cc(C)c(C2=CN3C(=O)C[C@H]3C2)s1. The van der Waals surface area contributed by atoms with Crippen LogP contribution < -0.4 is 0 Å². The molecule has 1 aromatic heterocycles. The smallest absolute Gasteiger partial charge is 0.228 e. The van der Waals surface area contributed by atoms with Gasteiger partial charge >= 0.3 is 0 Å². The summed E-state index contributed by atoms with van der Waals surface area (Å²) < 4.78 is 0. The number of hydrogen-bond donors (Lipinski definition) is 0. The van der Waals surface area contributed by atoms with Crippen molar-refractivity contribution in [1.29, 1.82) is 0 Å². The molecule has 1 saturated heterocycles. The van der Waals surface area contributed by atoms with Crippen LogP contribution in [-0.4, -0.2) is 16.8 Å². The van der Waals surface area contributed by atoms with Crippen LogP contribution in [0.5, 0.6) is 0 Å². The van der Waals surface area contributed by atoms with Gasteiger partial charge in [0.1, 0.15) is 0 Å². The lowest BCUT2D eigenvalue weighted by Crippen LogP contribution is -2.45. The molecule has 0 saturated carbocycles. The topological polar surface area (TPSA) is 20.3 Å². The first-order chi connectivity index (χ1) is 7.15. The van der Waals surface area contributed by atoms with E-state index >= 15 is 0 Å². The number of carbonyl (C=O) groups is 1. The average Bonchev–Trinajstić information content (AvgIpc) is 2.66. The first-order valence-electron chi connectivity index (χ1n) is 5.24. The molecule has 1 fully saturated rings. The second-order valence-electron chi connectivity index (χ2n) is 4.39. The normalized spacial score (nSPS) is 23.9. The molecule has 3 heterocycles. The van der Waals surface area contributed by atoms with Gasteiger partial charge in [-0.2, -0.15) is 0 Å². The number of rotatable bonds is 1. The molecule has 2 aliphatic rings. The average molecular weight is 219 g/mol. The number of hydrogen-bond acceptors (Lipinski definition) is 2. The molecule has 3 heteroatoms. The molecule has 0 unspecified atom stereocenters. The number of fused-ring (bicyclic) bond motifs is 1. The molecule has 1 aromatic rings. The van der Waals surface area contributed by atoms with Gasteiger partial charge < -0.3 is 4.90 Å². The van der Waals surface area contributed by atoms with Crippen molar-refractivity contribution in [1.82, 2.24) is 4.90 Å². The Morgan fingerprint density at radius 1 is 1.40 bits per heavy atom. The minimum atomic E-state index is 0.279. The molecule has 0 aromatic carbocycles. The van der Waals surface area contributed by atoms with Gasteiger partial charge in [0, 0.05) is 28.4 Å². The van der Waals surface area contributed by atoms with Gasteiger partial charge in [-0.05, 0) is 37.5 Å². The van der Waals surface area contributed by atoms with Gasteiger partial charge in [0.25, 0.3) is 0 Å². The van der Waals surface area contributed by atoms with E-state index in [1.54, 1.807) is 0 Å². The van der Waals surface area contributed by atoms with Crippen LogP contribution in [0, 0.1) is 13.8 Å². The summed E-state index contributed by atoms with van der Waals surface area (Å²) in [5.41, 5.74) is 2.69. The van der Waals surface area contributed by atoms with Crippen LogP contribution in [0.2, 0.25) is 0 Å². The number of β-lactam (4-membered cyclic amide) rings is 1. The summed E-state index contributed by atoms with van der Waals surface area (Å²) in [7, 11) is 0. The lowest BCUT2D eigenvalue weighted by atomic mass is 10.00. The Hall–Kier alpha value is -1.09. The molecule has 2 aliphatic heterocycles. The van der Waals surface area contributed by atoms with Crippen molar-refractivity contribution >= 4 is 22.8 Å². The highest BCUT2D eigenvalue weighted by Gasteiger charge is 2.40. The molecule has 0 radical (unpaired) electrons. The van der Waals surface area contributed by atoms with E-state index in [9.17, 15) is 4.79 Å². The predicted molar refractivity (Wildman–Crippen MR) is 61.6 cm³/mol. The molecule has 3 rings (SSSR count). The molecule has 15 heavy (non-hydrogen) atoms. The van der Waals surface area contributed by atoms with E-state index in [1.807, 2.05) is 16.2 Å². The number of amides is 1. The van der Waals surface area contributed by atoms with Gasteiger partial charge in [0.15, 0.2) is 0 Å². The minimum absolute atomic E-state index is 0.279. The second-order valence-corrected chi connectivity index (χ2v) is 5.64. The van der Waals surface area contributed by atoms with Crippen molar-refractivity contribution in [2.45, 2.75) is 32.7 Å². The summed E-state index contributed by atoms with van der Waals surface area (Å²) in [6.45, 7) is 4.29. The Bertz CT molecular complexity index is 472. The molecule has 78 valence electrons. The fraction of sp³-hybridized carbons (Fsp3) is 0.417. The maximum absolute atomic E-state index is 11.3. The van der Waals surface area contributed by atoms with Crippen molar-refractivity contribution in [3.05, 3.63) is 27.6 Å². The van der Waals surface area contributed by atoms with Gasteiger partial charge in [0.2, 0.25) is 5.91 Å². The molecule has 2 nitrogen and oxygen atoms in total. The first-order valence-corrected chi connectivity index (χ1v) is 6.06. The predicted octanol–water partition coefficient (Wildman–Crippen LogP) is 2.71. The second kappa shape index (κ2) is 2.95. The highest BCUT2D eigenvalue weighted by molar-refractivity contribution is 7.13. The van der Waals surface area contributed by atoms with Crippen LogP contribution in [0.1, 0.15) is 28.2 Å². The summed E-state index contributed by atoms with van der Waals surface area (Å²) in [6, 6.07) is 2.69. The Kier molecular flexibility index (Phi) is 1.80. The first kappa shape index (κ1) is 9.16. The molecular formula is C12H13NOS. The summed E-state index contributed by atoms with van der Waals surface area (Å²) in [5, 5.41) is 0. The van der Waals surface area contributed by atoms with Crippen LogP contribution in [0.4, 0.5) is 0 Å². The van der Waals surface area contributed by atoms with Gasteiger partial charge in [-0.3, -0.25) is 4.79 Å². The van der Waals surface area contributed by atoms with E-state index in [4.69, 9.17) is 0 Å². The molecule has 0 spiro atoms. The van der Waals surface area contributed by atoms with Crippen LogP contribution in [0.25, 0.3) is 5.57 Å². The highest BCUT2D eigenvalue weighted by Crippen LogP contribution is 2.40. The quantitative estimate of drug-likeness (QED) is 0.665. The third-order valence-corrected chi connectivity index (χ3v) is 4.40. The third kappa shape index (κ3) is 1.26. The zero-order valence-electron chi connectivity index (χ0n) is 8.91. The number of thiophene rings is 1. The molecule has 0 aliphatic carbocycles. The van der Waals surface area contributed by atoms with E-state index in [1.165, 1.54) is 20.9 Å². The van der Waals surface area contributed by atoms with E-state index in [-0.39, 0.29) is 5.91 Å². The lowest BCUT2D eigenvalue weighted by molar-refractivity contribution is -0.140. The van der Waals surface area contributed by atoms with E-state index in [0.717, 1.165) is 12.8 Å². The molecular weight excluding hydrogens is 206 g/mol. The zero-order chi connectivity index (χ0) is 10.6. The van der Waals surface area contributed by atoms with Gasteiger partial charge in [0.05, 0.1) is 0 Å². The lowest BCUT2D eigenvalue weighted by Gasteiger charge is -2.32. The Balaban J connectivity index is 1.96. The Labute approximate surface area is 93.2 Å². The van der Waals surface area contributed by atoms with Crippen LogP contribution in [0.3, 0.4) is 0 Å². The number of aryl methyl sites for hydroxylation is 2.